The molecule has 0 saturated heterocycles. The van der Waals surface area contributed by atoms with Crippen LogP contribution in [0.5, 0.6) is 0 Å². The Morgan fingerprint density at radius 2 is 2.00 bits per heavy atom. The van der Waals surface area contributed by atoms with E-state index >= 15 is 0 Å². The van der Waals surface area contributed by atoms with Gasteiger partial charge >= 0.3 is 0 Å². The Balaban J connectivity index is 2.01. The molecule has 0 aliphatic heterocycles. The fraction of sp³-hybridized carbons (Fsp3) is 0.462. The van der Waals surface area contributed by atoms with Crippen LogP contribution in [0.2, 0.25) is 0 Å². The predicted octanol–water partition coefficient (Wildman–Crippen LogP) is 2.31. The fourth-order valence-corrected chi connectivity index (χ4v) is 2.08. The summed E-state index contributed by atoms with van der Waals surface area (Å²) < 4.78 is 0. The summed E-state index contributed by atoms with van der Waals surface area (Å²) in [6.07, 6.45) is 2.72. The van der Waals surface area contributed by atoms with Gasteiger partial charge in [-0.25, -0.2) is 0 Å². The minimum absolute atomic E-state index is 0.473. The number of benzene rings is 1. The molecule has 1 aromatic rings. The van der Waals surface area contributed by atoms with Crippen molar-refractivity contribution in [2.45, 2.75) is 32.4 Å². The lowest BCUT2D eigenvalue weighted by atomic mass is 10.1. The Bertz CT molecular complexity index is 368. The minimum Gasteiger partial charge on any atom is -0.389 e. The van der Waals surface area contributed by atoms with E-state index in [1.807, 2.05) is 12.1 Å². The molecule has 0 unspecified atom stereocenters. The Labute approximate surface area is 102 Å². The summed E-state index contributed by atoms with van der Waals surface area (Å²) in [6.45, 7) is 4.39. The molecule has 1 fully saturated rings. The zero-order chi connectivity index (χ0) is 11.5. The van der Waals surface area contributed by atoms with E-state index in [1.54, 1.807) is 0 Å². The smallest absolute Gasteiger partial charge is 0.103 e. The Kier molecular flexibility index (Phi) is 3.56. The van der Waals surface area contributed by atoms with Gasteiger partial charge in [0.25, 0.3) is 0 Å². The highest BCUT2D eigenvalue weighted by Gasteiger charge is 2.27. The first-order chi connectivity index (χ1) is 7.70. The fourth-order valence-electron chi connectivity index (χ4n) is 1.95. The van der Waals surface area contributed by atoms with Crippen LogP contribution in [-0.4, -0.2) is 22.5 Å². The van der Waals surface area contributed by atoms with Gasteiger partial charge in [-0.3, -0.25) is 4.90 Å². The maximum absolute atomic E-state index is 5.57. The molecule has 0 aromatic heterocycles. The van der Waals surface area contributed by atoms with Gasteiger partial charge < -0.3 is 5.73 Å². The van der Waals surface area contributed by atoms with Crippen molar-refractivity contribution in [3.05, 3.63) is 35.4 Å². The lowest BCUT2D eigenvalue weighted by Gasteiger charge is -2.19. The van der Waals surface area contributed by atoms with E-state index in [0.717, 1.165) is 24.7 Å². The summed E-state index contributed by atoms with van der Waals surface area (Å²) >= 11 is 4.93. The summed E-state index contributed by atoms with van der Waals surface area (Å²) in [6, 6.07) is 9.09. The topological polar surface area (TPSA) is 29.3 Å². The van der Waals surface area contributed by atoms with Crippen LogP contribution in [0, 0.1) is 0 Å². The third kappa shape index (κ3) is 2.80. The van der Waals surface area contributed by atoms with Gasteiger partial charge in [-0.05, 0) is 24.9 Å². The monoisotopic (exact) mass is 234 g/mol. The van der Waals surface area contributed by atoms with Crippen molar-refractivity contribution in [1.82, 2.24) is 4.90 Å². The van der Waals surface area contributed by atoms with Crippen LogP contribution in [0.4, 0.5) is 0 Å². The van der Waals surface area contributed by atoms with E-state index in [9.17, 15) is 0 Å². The van der Waals surface area contributed by atoms with Crippen LogP contribution in [0.3, 0.4) is 0 Å². The molecular weight excluding hydrogens is 216 g/mol. The van der Waals surface area contributed by atoms with Gasteiger partial charge in [-0.15, -0.1) is 0 Å². The van der Waals surface area contributed by atoms with E-state index in [4.69, 9.17) is 18.0 Å². The van der Waals surface area contributed by atoms with E-state index in [-0.39, 0.29) is 0 Å². The second kappa shape index (κ2) is 4.93. The Morgan fingerprint density at radius 1 is 1.38 bits per heavy atom. The number of rotatable bonds is 5. The molecule has 2 nitrogen and oxygen atoms in total. The maximum atomic E-state index is 5.57. The summed E-state index contributed by atoms with van der Waals surface area (Å²) in [5.41, 5.74) is 7.86. The van der Waals surface area contributed by atoms with Crippen LogP contribution in [0.25, 0.3) is 0 Å². The molecule has 0 bridgehead atoms. The van der Waals surface area contributed by atoms with Gasteiger partial charge in [0, 0.05) is 18.2 Å². The summed E-state index contributed by atoms with van der Waals surface area (Å²) in [4.78, 5) is 3.00. The number of hydrogen-bond donors (Lipinski definition) is 1. The highest BCUT2D eigenvalue weighted by Crippen LogP contribution is 2.27. The van der Waals surface area contributed by atoms with Gasteiger partial charge in [0.1, 0.15) is 4.99 Å². The molecule has 1 aliphatic carbocycles. The van der Waals surface area contributed by atoms with Gasteiger partial charge in [0.15, 0.2) is 0 Å². The average Bonchev–Trinajstić information content (AvgIpc) is 3.10. The standard InChI is InChI=1S/C13H18N2S/c1-2-15(12-7-8-12)9-10-3-5-11(6-4-10)13(14)16/h3-6,12H,2,7-9H2,1H3,(H2,14,16). The lowest BCUT2D eigenvalue weighted by Crippen LogP contribution is -2.25. The molecule has 2 rings (SSSR count). The number of nitrogens with two attached hydrogens (primary N) is 1. The first-order valence-corrected chi connectivity index (χ1v) is 6.24. The van der Waals surface area contributed by atoms with E-state index in [2.05, 4.69) is 24.0 Å². The molecule has 0 amide bonds. The Morgan fingerprint density at radius 3 is 2.44 bits per heavy atom. The van der Waals surface area contributed by atoms with E-state index < -0.39 is 0 Å². The van der Waals surface area contributed by atoms with Gasteiger partial charge in [0.2, 0.25) is 0 Å². The van der Waals surface area contributed by atoms with E-state index in [1.165, 1.54) is 18.4 Å². The number of nitrogens with zero attached hydrogens (tertiary/aromatic N) is 1. The molecule has 0 atom stereocenters. The third-order valence-corrected chi connectivity index (χ3v) is 3.33. The molecule has 0 heterocycles. The van der Waals surface area contributed by atoms with Crippen molar-refractivity contribution in [3.63, 3.8) is 0 Å². The van der Waals surface area contributed by atoms with Crippen molar-refractivity contribution < 1.29 is 0 Å². The van der Waals surface area contributed by atoms with Crippen molar-refractivity contribution in [1.29, 1.82) is 0 Å². The largest absolute Gasteiger partial charge is 0.389 e. The zero-order valence-electron chi connectivity index (χ0n) is 9.65. The second-order valence-corrected chi connectivity index (χ2v) is 4.80. The predicted molar refractivity (Wildman–Crippen MR) is 71.4 cm³/mol. The third-order valence-electron chi connectivity index (χ3n) is 3.09. The van der Waals surface area contributed by atoms with Gasteiger partial charge in [0.05, 0.1) is 0 Å². The van der Waals surface area contributed by atoms with Crippen LogP contribution in [0.1, 0.15) is 30.9 Å². The van der Waals surface area contributed by atoms with Crippen LogP contribution >= 0.6 is 12.2 Å². The molecule has 86 valence electrons. The molecule has 0 radical (unpaired) electrons. The van der Waals surface area contributed by atoms with Gasteiger partial charge in [-0.2, -0.15) is 0 Å². The quantitative estimate of drug-likeness (QED) is 0.793. The highest BCUT2D eigenvalue weighted by atomic mass is 32.1. The first kappa shape index (κ1) is 11.6. The molecule has 1 aliphatic rings. The summed E-state index contributed by atoms with van der Waals surface area (Å²) in [5, 5.41) is 0. The number of thiocarbonyl (C=S) groups is 1. The average molecular weight is 234 g/mol. The lowest BCUT2D eigenvalue weighted by molar-refractivity contribution is 0.269. The normalized spacial score (nSPS) is 15.4. The summed E-state index contributed by atoms with van der Waals surface area (Å²) in [7, 11) is 0. The molecule has 0 spiro atoms. The van der Waals surface area contributed by atoms with Crippen LogP contribution in [-0.2, 0) is 6.54 Å². The number of hydrogen-bond acceptors (Lipinski definition) is 2. The first-order valence-electron chi connectivity index (χ1n) is 5.83. The van der Waals surface area contributed by atoms with Crippen LogP contribution < -0.4 is 5.73 Å². The Hall–Kier alpha value is -0.930. The summed E-state index contributed by atoms with van der Waals surface area (Å²) in [5.74, 6) is 0. The SMILES string of the molecule is CCN(Cc1ccc(C(N)=S)cc1)C1CC1. The van der Waals surface area contributed by atoms with Crippen molar-refractivity contribution in [2.75, 3.05) is 6.54 Å². The molecular formula is C13H18N2S. The molecule has 1 saturated carbocycles. The maximum Gasteiger partial charge on any atom is 0.103 e. The van der Waals surface area contributed by atoms with Gasteiger partial charge in [-0.1, -0.05) is 43.4 Å². The molecule has 3 heteroatoms. The van der Waals surface area contributed by atoms with Crippen molar-refractivity contribution in [3.8, 4) is 0 Å². The molecule has 2 N–H and O–H groups in total. The minimum atomic E-state index is 0.473. The van der Waals surface area contributed by atoms with Crippen LogP contribution in [0.15, 0.2) is 24.3 Å². The second-order valence-electron chi connectivity index (χ2n) is 4.36. The molecule has 16 heavy (non-hydrogen) atoms. The zero-order valence-corrected chi connectivity index (χ0v) is 10.5. The highest BCUT2D eigenvalue weighted by molar-refractivity contribution is 7.80. The van der Waals surface area contributed by atoms with Crippen molar-refractivity contribution >= 4 is 17.2 Å². The van der Waals surface area contributed by atoms with Crippen molar-refractivity contribution in [2.24, 2.45) is 5.73 Å². The van der Waals surface area contributed by atoms with E-state index in [0.29, 0.717) is 4.99 Å². The molecule has 1 aromatic carbocycles.